The van der Waals surface area contributed by atoms with Crippen LogP contribution in [0.3, 0.4) is 0 Å². The third-order valence-electron chi connectivity index (χ3n) is 3.39. The Balaban J connectivity index is 1.56. The van der Waals surface area contributed by atoms with Gasteiger partial charge in [-0.2, -0.15) is 0 Å². The number of nitrogens with one attached hydrogen (secondary N) is 1. The van der Waals surface area contributed by atoms with Gasteiger partial charge < -0.3 is 14.5 Å². The molecule has 0 aliphatic rings. The maximum absolute atomic E-state index is 12.0. The number of carbonyl (C=O) groups is 1. The van der Waals surface area contributed by atoms with Crippen LogP contribution >= 0.6 is 15.9 Å². The smallest absolute Gasteiger partial charge is 0.287 e. The number of para-hydroxylation sites is 1. The molecule has 0 spiro atoms. The minimum absolute atomic E-state index is 0.244. The van der Waals surface area contributed by atoms with Crippen LogP contribution in [0.1, 0.15) is 21.7 Å². The van der Waals surface area contributed by atoms with Gasteiger partial charge in [0.1, 0.15) is 12.4 Å². The van der Waals surface area contributed by atoms with Crippen molar-refractivity contribution in [1.82, 2.24) is 5.32 Å². The van der Waals surface area contributed by atoms with Gasteiger partial charge in [0.25, 0.3) is 5.91 Å². The molecule has 0 unspecified atom stereocenters. The zero-order valence-corrected chi connectivity index (χ0v) is 14.5. The van der Waals surface area contributed by atoms with E-state index in [1.54, 1.807) is 12.1 Å². The van der Waals surface area contributed by atoms with Crippen LogP contribution in [0.15, 0.2) is 75.8 Å². The summed E-state index contributed by atoms with van der Waals surface area (Å²) in [6, 6.07) is 20.9. The van der Waals surface area contributed by atoms with Gasteiger partial charge in [-0.3, -0.25) is 4.79 Å². The Morgan fingerprint density at radius 3 is 2.54 bits per heavy atom. The SMILES string of the molecule is O=C(NCc1cccc(COc2ccccc2)c1)c1ccc(Br)o1. The lowest BCUT2D eigenvalue weighted by Crippen LogP contribution is -2.22. The molecule has 0 aliphatic heterocycles. The fraction of sp³-hybridized carbons (Fsp3) is 0.105. The van der Waals surface area contributed by atoms with E-state index in [9.17, 15) is 4.79 Å². The van der Waals surface area contributed by atoms with Crippen molar-refractivity contribution in [3.63, 3.8) is 0 Å². The van der Waals surface area contributed by atoms with Crippen LogP contribution in [0.25, 0.3) is 0 Å². The number of rotatable bonds is 6. The van der Waals surface area contributed by atoms with Crippen LogP contribution < -0.4 is 10.1 Å². The minimum atomic E-state index is -0.244. The maximum atomic E-state index is 12.0. The number of benzene rings is 2. The Morgan fingerprint density at radius 2 is 1.79 bits per heavy atom. The number of ether oxygens (including phenoxy) is 1. The fourth-order valence-corrected chi connectivity index (χ4v) is 2.53. The Morgan fingerprint density at radius 1 is 1.00 bits per heavy atom. The Labute approximate surface area is 148 Å². The van der Waals surface area contributed by atoms with Crippen molar-refractivity contribution >= 4 is 21.8 Å². The van der Waals surface area contributed by atoms with Crippen molar-refractivity contribution in [2.75, 3.05) is 0 Å². The molecule has 122 valence electrons. The first-order valence-electron chi connectivity index (χ1n) is 7.50. The molecule has 1 N–H and O–H groups in total. The van der Waals surface area contributed by atoms with E-state index in [0.29, 0.717) is 17.8 Å². The van der Waals surface area contributed by atoms with E-state index in [0.717, 1.165) is 16.9 Å². The highest BCUT2D eigenvalue weighted by Gasteiger charge is 2.09. The van der Waals surface area contributed by atoms with Gasteiger partial charge in [-0.15, -0.1) is 0 Å². The third-order valence-corrected chi connectivity index (χ3v) is 3.82. The van der Waals surface area contributed by atoms with Crippen molar-refractivity contribution in [3.05, 3.63) is 88.3 Å². The molecule has 0 radical (unpaired) electrons. The van der Waals surface area contributed by atoms with Crippen LogP contribution in [-0.2, 0) is 13.2 Å². The van der Waals surface area contributed by atoms with Gasteiger partial charge in [0.2, 0.25) is 0 Å². The first-order chi connectivity index (χ1) is 11.7. The molecule has 0 saturated heterocycles. The van der Waals surface area contributed by atoms with Gasteiger partial charge in [-0.05, 0) is 51.3 Å². The molecule has 0 saturated carbocycles. The molecule has 3 aromatic rings. The highest BCUT2D eigenvalue weighted by molar-refractivity contribution is 9.10. The summed E-state index contributed by atoms with van der Waals surface area (Å²) in [4.78, 5) is 12.0. The molecule has 0 bridgehead atoms. The number of halogens is 1. The standard InChI is InChI=1S/C19H16BrNO3/c20-18-10-9-17(24-18)19(22)21-12-14-5-4-6-15(11-14)13-23-16-7-2-1-3-8-16/h1-11H,12-13H2,(H,21,22). The van der Waals surface area contributed by atoms with E-state index in [-0.39, 0.29) is 11.7 Å². The van der Waals surface area contributed by atoms with Crippen LogP contribution in [-0.4, -0.2) is 5.91 Å². The number of hydrogen-bond donors (Lipinski definition) is 1. The zero-order valence-electron chi connectivity index (χ0n) is 12.9. The molecule has 1 heterocycles. The summed E-state index contributed by atoms with van der Waals surface area (Å²) in [5.41, 5.74) is 2.05. The van der Waals surface area contributed by atoms with E-state index in [2.05, 4.69) is 21.2 Å². The average Bonchev–Trinajstić information content (AvgIpc) is 3.06. The minimum Gasteiger partial charge on any atom is -0.489 e. The summed E-state index contributed by atoms with van der Waals surface area (Å²) in [7, 11) is 0. The average molecular weight is 386 g/mol. The van der Waals surface area contributed by atoms with E-state index in [1.165, 1.54) is 0 Å². The highest BCUT2D eigenvalue weighted by atomic mass is 79.9. The third kappa shape index (κ3) is 4.49. The second-order valence-electron chi connectivity index (χ2n) is 5.21. The van der Waals surface area contributed by atoms with Gasteiger partial charge in [-0.1, -0.05) is 42.5 Å². The van der Waals surface area contributed by atoms with E-state index < -0.39 is 0 Å². The van der Waals surface area contributed by atoms with Gasteiger partial charge in [0.05, 0.1) is 0 Å². The van der Waals surface area contributed by atoms with Crippen molar-refractivity contribution in [2.24, 2.45) is 0 Å². The van der Waals surface area contributed by atoms with Gasteiger partial charge in [-0.25, -0.2) is 0 Å². The number of hydrogen-bond acceptors (Lipinski definition) is 3. The summed E-state index contributed by atoms with van der Waals surface area (Å²) in [6.45, 7) is 0.910. The maximum Gasteiger partial charge on any atom is 0.287 e. The Bertz CT molecular complexity index is 814. The van der Waals surface area contributed by atoms with Crippen molar-refractivity contribution < 1.29 is 13.9 Å². The number of furan rings is 1. The van der Waals surface area contributed by atoms with Gasteiger partial charge in [0.15, 0.2) is 10.4 Å². The summed E-state index contributed by atoms with van der Waals surface area (Å²) >= 11 is 3.18. The second-order valence-corrected chi connectivity index (χ2v) is 5.99. The molecule has 0 atom stereocenters. The van der Waals surface area contributed by atoms with Crippen molar-refractivity contribution in [3.8, 4) is 5.75 Å². The van der Waals surface area contributed by atoms with Crippen molar-refractivity contribution in [2.45, 2.75) is 13.2 Å². The Hall–Kier alpha value is -2.53. The van der Waals surface area contributed by atoms with Crippen LogP contribution in [0, 0.1) is 0 Å². The number of amides is 1. The fourth-order valence-electron chi connectivity index (χ4n) is 2.22. The lowest BCUT2D eigenvalue weighted by molar-refractivity contribution is 0.0922. The zero-order chi connectivity index (χ0) is 16.8. The molecule has 24 heavy (non-hydrogen) atoms. The first kappa shape index (κ1) is 16.3. The summed E-state index contributed by atoms with van der Waals surface area (Å²) in [6.07, 6.45) is 0. The largest absolute Gasteiger partial charge is 0.489 e. The normalized spacial score (nSPS) is 10.4. The predicted octanol–water partition coefficient (Wildman–Crippen LogP) is 4.55. The molecule has 0 aliphatic carbocycles. The van der Waals surface area contributed by atoms with E-state index in [4.69, 9.17) is 9.15 Å². The molecule has 4 nitrogen and oxygen atoms in total. The lowest BCUT2D eigenvalue weighted by Gasteiger charge is -2.08. The quantitative estimate of drug-likeness (QED) is 0.676. The summed E-state index contributed by atoms with van der Waals surface area (Å²) < 4.78 is 11.5. The molecular formula is C19H16BrNO3. The van der Waals surface area contributed by atoms with Gasteiger partial charge >= 0.3 is 0 Å². The monoisotopic (exact) mass is 385 g/mol. The van der Waals surface area contributed by atoms with Gasteiger partial charge in [0, 0.05) is 6.54 Å². The molecule has 0 fully saturated rings. The molecule has 3 rings (SSSR count). The summed E-state index contributed by atoms with van der Waals surface area (Å²) in [5, 5.41) is 2.84. The molecular weight excluding hydrogens is 370 g/mol. The lowest BCUT2D eigenvalue weighted by atomic mass is 10.1. The Kier molecular flexibility index (Phi) is 5.33. The first-order valence-corrected chi connectivity index (χ1v) is 8.29. The molecule has 5 heteroatoms. The summed E-state index contributed by atoms with van der Waals surface area (Å²) in [5.74, 6) is 0.872. The topological polar surface area (TPSA) is 51.5 Å². The van der Waals surface area contributed by atoms with Crippen LogP contribution in [0.4, 0.5) is 0 Å². The highest BCUT2D eigenvalue weighted by Crippen LogP contribution is 2.15. The van der Waals surface area contributed by atoms with Crippen LogP contribution in [0.5, 0.6) is 5.75 Å². The second kappa shape index (κ2) is 7.84. The molecule has 2 aromatic carbocycles. The van der Waals surface area contributed by atoms with E-state index in [1.807, 2.05) is 54.6 Å². The van der Waals surface area contributed by atoms with E-state index >= 15 is 0 Å². The van der Waals surface area contributed by atoms with Crippen LogP contribution in [0.2, 0.25) is 0 Å². The molecule has 1 aromatic heterocycles. The predicted molar refractivity (Wildman–Crippen MR) is 94.8 cm³/mol. The molecule has 1 amide bonds. The number of carbonyl (C=O) groups excluding carboxylic acids is 1. The van der Waals surface area contributed by atoms with Crippen molar-refractivity contribution in [1.29, 1.82) is 0 Å².